The molecule has 39 heavy (non-hydrogen) atoms. The third-order valence-electron chi connectivity index (χ3n) is 7.59. The number of Topliss-reactive ketones (excluding diaryl/α,β-unsaturated/α-hetero) is 1. The summed E-state index contributed by atoms with van der Waals surface area (Å²) in [7, 11) is 0. The van der Waals surface area contributed by atoms with Gasteiger partial charge in [-0.2, -0.15) is 0 Å². The molecule has 2 fully saturated rings. The van der Waals surface area contributed by atoms with Crippen molar-refractivity contribution in [1.29, 1.82) is 0 Å². The molecule has 2 aromatic carbocycles. The van der Waals surface area contributed by atoms with E-state index >= 15 is 0 Å². The Morgan fingerprint density at radius 1 is 0.949 bits per heavy atom. The lowest BCUT2D eigenvalue weighted by molar-refractivity contribution is -0.138. The molecule has 1 N–H and O–H groups in total. The highest BCUT2D eigenvalue weighted by Gasteiger charge is 2.52. The zero-order chi connectivity index (χ0) is 27.7. The van der Waals surface area contributed by atoms with E-state index < -0.39 is 12.1 Å². The van der Waals surface area contributed by atoms with Crippen molar-refractivity contribution in [3.05, 3.63) is 93.7 Å². The second-order valence-corrected chi connectivity index (χ2v) is 12.3. The molecule has 0 spiro atoms. The van der Waals surface area contributed by atoms with Crippen molar-refractivity contribution in [3.8, 4) is 0 Å². The highest BCUT2D eigenvalue weighted by atomic mass is 32.1. The minimum Gasteiger partial charge on any atom is -0.340 e. The first-order chi connectivity index (χ1) is 18.6. The summed E-state index contributed by atoms with van der Waals surface area (Å²) >= 11 is 1.52. The van der Waals surface area contributed by atoms with Crippen LogP contribution in [0.5, 0.6) is 0 Å². The highest BCUT2D eigenvalue weighted by molar-refractivity contribution is 7.09. The van der Waals surface area contributed by atoms with Gasteiger partial charge in [0.2, 0.25) is 5.91 Å². The summed E-state index contributed by atoms with van der Waals surface area (Å²) in [5, 5.41) is 4.88. The van der Waals surface area contributed by atoms with Crippen molar-refractivity contribution >= 4 is 34.8 Å². The monoisotopic (exact) mass is 543 g/mol. The van der Waals surface area contributed by atoms with Gasteiger partial charge in [0, 0.05) is 29.0 Å². The largest absolute Gasteiger partial charge is 0.340 e. The Bertz CT molecular complexity index is 1360. The molecule has 3 aromatic rings. The van der Waals surface area contributed by atoms with Crippen LogP contribution in [0, 0.1) is 0 Å². The first kappa shape index (κ1) is 26.8. The third kappa shape index (κ3) is 5.52. The van der Waals surface area contributed by atoms with Gasteiger partial charge in [-0.15, -0.1) is 11.3 Å². The number of hydrogen-bond donors (Lipinski definition) is 1. The van der Waals surface area contributed by atoms with Crippen molar-refractivity contribution in [2.45, 2.75) is 57.2 Å². The van der Waals surface area contributed by atoms with Crippen molar-refractivity contribution in [3.63, 3.8) is 0 Å². The summed E-state index contributed by atoms with van der Waals surface area (Å²) in [5.74, 6) is -0.973. The van der Waals surface area contributed by atoms with Gasteiger partial charge >= 0.3 is 0 Å². The highest BCUT2D eigenvalue weighted by Crippen LogP contribution is 2.32. The van der Waals surface area contributed by atoms with Gasteiger partial charge in [-0.1, -0.05) is 57.2 Å². The lowest BCUT2D eigenvalue weighted by Gasteiger charge is -2.28. The Balaban J connectivity index is 1.35. The van der Waals surface area contributed by atoms with Crippen molar-refractivity contribution < 1.29 is 19.2 Å². The first-order valence-electron chi connectivity index (χ1n) is 13.3. The summed E-state index contributed by atoms with van der Waals surface area (Å²) in [6.07, 6.45) is 0.853. The van der Waals surface area contributed by atoms with Gasteiger partial charge in [0.15, 0.2) is 5.78 Å². The predicted octanol–water partition coefficient (Wildman–Crippen LogP) is 4.08. The van der Waals surface area contributed by atoms with E-state index in [4.69, 9.17) is 0 Å². The Labute approximate surface area is 232 Å². The van der Waals surface area contributed by atoms with Gasteiger partial charge < -0.3 is 15.1 Å². The maximum Gasteiger partial charge on any atom is 0.254 e. The molecule has 8 heteroatoms. The maximum absolute atomic E-state index is 13.9. The number of carbonyl (C=O) groups is 4. The molecule has 2 saturated heterocycles. The SMILES string of the molecule is CC(C)(C)c1ccc(C(=O)NC(Cc2cccs2)C(=O)N2CCC3C2C(=O)CN3C(=O)c2ccccc2)cc1. The van der Waals surface area contributed by atoms with Crippen molar-refractivity contribution in [2.75, 3.05) is 13.1 Å². The Morgan fingerprint density at radius 2 is 1.67 bits per heavy atom. The minimum absolute atomic E-state index is 0.0189. The second kappa shape index (κ2) is 10.8. The number of rotatable bonds is 6. The Morgan fingerprint density at radius 3 is 2.31 bits per heavy atom. The summed E-state index contributed by atoms with van der Waals surface area (Å²) in [6, 6.07) is 18.3. The maximum atomic E-state index is 13.9. The van der Waals surface area contributed by atoms with E-state index in [-0.39, 0.29) is 41.5 Å². The van der Waals surface area contributed by atoms with Crippen LogP contribution >= 0.6 is 11.3 Å². The minimum atomic E-state index is -0.830. The number of amides is 3. The molecule has 3 heterocycles. The third-order valence-corrected chi connectivity index (χ3v) is 8.49. The van der Waals surface area contributed by atoms with Gasteiger partial charge in [0.1, 0.15) is 12.1 Å². The van der Waals surface area contributed by atoms with E-state index in [9.17, 15) is 19.2 Å². The van der Waals surface area contributed by atoms with E-state index in [0.717, 1.165) is 10.4 Å². The topological polar surface area (TPSA) is 86.8 Å². The summed E-state index contributed by atoms with van der Waals surface area (Å²) < 4.78 is 0. The molecule has 3 amide bonds. The molecule has 0 radical (unpaired) electrons. The van der Waals surface area contributed by atoms with Crippen LogP contribution < -0.4 is 5.32 Å². The normalized spacial score (nSPS) is 19.6. The number of carbonyl (C=O) groups excluding carboxylic acids is 4. The molecule has 7 nitrogen and oxygen atoms in total. The fourth-order valence-electron chi connectivity index (χ4n) is 5.48. The fraction of sp³-hybridized carbons (Fsp3) is 0.355. The second-order valence-electron chi connectivity index (χ2n) is 11.2. The molecular weight excluding hydrogens is 510 g/mol. The molecule has 0 aliphatic carbocycles. The van der Waals surface area contributed by atoms with E-state index in [1.807, 2.05) is 35.7 Å². The van der Waals surface area contributed by atoms with E-state index in [2.05, 4.69) is 26.1 Å². The van der Waals surface area contributed by atoms with E-state index in [1.165, 1.54) is 11.3 Å². The van der Waals surface area contributed by atoms with Gasteiger partial charge in [-0.25, -0.2) is 0 Å². The predicted molar refractivity (Wildman–Crippen MR) is 151 cm³/mol. The molecule has 202 valence electrons. The zero-order valence-electron chi connectivity index (χ0n) is 22.4. The molecule has 1 aromatic heterocycles. The number of thiophene rings is 1. The van der Waals surface area contributed by atoms with Crippen LogP contribution in [0.25, 0.3) is 0 Å². The van der Waals surface area contributed by atoms with Gasteiger partial charge in [-0.3, -0.25) is 19.2 Å². The van der Waals surface area contributed by atoms with Crippen LogP contribution in [0.1, 0.15) is 58.3 Å². The smallest absolute Gasteiger partial charge is 0.254 e. The van der Waals surface area contributed by atoms with E-state index in [0.29, 0.717) is 30.5 Å². The molecule has 5 rings (SSSR count). The Kier molecular flexibility index (Phi) is 7.40. The molecule has 3 atom stereocenters. The van der Waals surface area contributed by atoms with Crippen LogP contribution in [-0.2, 0) is 21.4 Å². The number of benzene rings is 2. The fourth-order valence-corrected chi connectivity index (χ4v) is 6.23. The molecular formula is C31H33N3O4S. The lowest BCUT2D eigenvalue weighted by Crippen LogP contribution is -2.53. The number of likely N-dealkylation sites (tertiary alicyclic amines) is 2. The molecule has 2 aliphatic heterocycles. The first-order valence-corrected chi connectivity index (χ1v) is 14.1. The van der Waals surface area contributed by atoms with Crippen LogP contribution in [-0.4, -0.2) is 64.5 Å². The number of nitrogens with one attached hydrogen (secondary N) is 1. The lowest BCUT2D eigenvalue weighted by atomic mass is 9.86. The van der Waals surface area contributed by atoms with Gasteiger partial charge in [-0.05, 0) is 53.1 Å². The summed E-state index contributed by atoms with van der Waals surface area (Å²) in [4.78, 5) is 57.6. The van der Waals surface area contributed by atoms with Crippen LogP contribution in [0.3, 0.4) is 0 Å². The van der Waals surface area contributed by atoms with Crippen LogP contribution in [0.2, 0.25) is 0 Å². The van der Waals surface area contributed by atoms with Gasteiger partial charge in [0.25, 0.3) is 11.8 Å². The summed E-state index contributed by atoms with van der Waals surface area (Å²) in [5.41, 5.74) is 2.07. The average Bonchev–Trinajstić information content (AvgIpc) is 3.67. The molecule has 2 aliphatic rings. The van der Waals surface area contributed by atoms with Crippen LogP contribution in [0.15, 0.2) is 72.1 Å². The van der Waals surface area contributed by atoms with Crippen molar-refractivity contribution in [1.82, 2.24) is 15.1 Å². The summed E-state index contributed by atoms with van der Waals surface area (Å²) in [6.45, 7) is 6.67. The molecule has 0 bridgehead atoms. The van der Waals surface area contributed by atoms with Crippen LogP contribution in [0.4, 0.5) is 0 Å². The zero-order valence-corrected chi connectivity index (χ0v) is 23.2. The average molecular weight is 544 g/mol. The van der Waals surface area contributed by atoms with E-state index in [1.54, 1.807) is 46.2 Å². The quantitative estimate of drug-likeness (QED) is 0.508. The van der Waals surface area contributed by atoms with Crippen molar-refractivity contribution in [2.24, 2.45) is 0 Å². The number of fused-ring (bicyclic) bond motifs is 1. The Hall–Kier alpha value is -3.78. The number of ketones is 1. The number of nitrogens with zero attached hydrogens (tertiary/aromatic N) is 2. The molecule has 0 saturated carbocycles. The number of hydrogen-bond acceptors (Lipinski definition) is 5. The standard InChI is InChI=1S/C31H33N3O4S/c1-31(2,3)22-13-11-20(12-14-22)28(36)32-24(18-23-10-7-17-39-23)30(38)33-16-15-25-27(33)26(35)19-34(25)29(37)21-8-5-4-6-9-21/h4-14,17,24-25,27H,15-16,18-19H2,1-3H3,(H,32,36). The van der Waals surface area contributed by atoms with Gasteiger partial charge in [0.05, 0.1) is 12.6 Å². The molecule has 3 unspecified atom stereocenters.